The second-order valence-electron chi connectivity index (χ2n) is 19.5. The van der Waals surface area contributed by atoms with Crippen molar-refractivity contribution in [1.29, 1.82) is 0 Å². The van der Waals surface area contributed by atoms with Gasteiger partial charge in [-0.1, -0.05) is 293 Å². The zero-order chi connectivity index (χ0) is 48.8. The van der Waals surface area contributed by atoms with E-state index in [4.69, 9.17) is 4.74 Å². The first-order valence-corrected chi connectivity index (χ1v) is 28.7. The largest absolute Gasteiger partial charge is 0.462 e. The topological polar surface area (TPSA) is 95.9 Å². The molecule has 0 aliphatic rings. The van der Waals surface area contributed by atoms with Crippen molar-refractivity contribution in [3.05, 3.63) is 72.9 Å². The van der Waals surface area contributed by atoms with Crippen molar-refractivity contribution in [3.8, 4) is 0 Å². The van der Waals surface area contributed by atoms with Crippen LogP contribution in [0.3, 0.4) is 0 Å². The molecule has 67 heavy (non-hydrogen) atoms. The Labute approximate surface area is 415 Å². The molecule has 0 aromatic heterocycles. The maximum absolute atomic E-state index is 13.3. The van der Waals surface area contributed by atoms with Gasteiger partial charge in [0.2, 0.25) is 5.91 Å². The highest BCUT2D eigenvalue weighted by Gasteiger charge is 2.24. The van der Waals surface area contributed by atoms with Crippen LogP contribution in [0.2, 0.25) is 0 Å². The fourth-order valence-corrected chi connectivity index (χ4v) is 8.64. The Morgan fingerprint density at radius 3 is 1.21 bits per heavy atom. The van der Waals surface area contributed by atoms with Crippen LogP contribution in [0.1, 0.15) is 278 Å². The second-order valence-corrected chi connectivity index (χ2v) is 19.5. The number of aliphatic hydroxyl groups is 2. The second kappa shape index (κ2) is 54.2. The SMILES string of the molecule is CC\C=C/C=C/C=C/C=C\C=C\C=C\CCCCCC(=O)OC(CCCCCCCCCCCCCCCCC)CC(=O)NC(CO)C(O)CCCCCCCCCCCCCCCCCC. The Morgan fingerprint density at radius 2 is 0.806 bits per heavy atom. The smallest absolute Gasteiger partial charge is 0.306 e. The summed E-state index contributed by atoms with van der Waals surface area (Å²) in [5.41, 5.74) is 0. The maximum atomic E-state index is 13.3. The number of unbranched alkanes of at least 4 members (excludes halogenated alkanes) is 32. The van der Waals surface area contributed by atoms with Crippen LogP contribution in [0, 0.1) is 0 Å². The maximum Gasteiger partial charge on any atom is 0.306 e. The number of allylic oxidation sites excluding steroid dienone is 12. The summed E-state index contributed by atoms with van der Waals surface area (Å²) < 4.78 is 5.94. The molecule has 0 bridgehead atoms. The minimum Gasteiger partial charge on any atom is -0.462 e. The van der Waals surface area contributed by atoms with E-state index in [1.807, 2.05) is 48.6 Å². The van der Waals surface area contributed by atoms with E-state index >= 15 is 0 Å². The van der Waals surface area contributed by atoms with E-state index in [0.717, 1.165) is 70.6 Å². The van der Waals surface area contributed by atoms with Gasteiger partial charge in [0, 0.05) is 6.42 Å². The van der Waals surface area contributed by atoms with Gasteiger partial charge in [0.25, 0.3) is 0 Å². The summed E-state index contributed by atoms with van der Waals surface area (Å²) >= 11 is 0. The van der Waals surface area contributed by atoms with Crippen LogP contribution >= 0.6 is 0 Å². The molecule has 6 heteroatoms. The Balaban J connectivity index is 4.62. The van der Waals surface area contributed by atoms with E-state index < -0.39 is 18.2 Å². The highest BCUT2D eigenvalue weighted by Crippen LogP contribution is 2.19. The van der Waals surface area contributed by atoms with Gasteiger partial charge in [-0.05, 0) is 44.9 Å². The molecular formula is C61H109NO5. The van der Waals surface area contributed by atoms with Gasteiger partial charge in [-0.3, -0.25) is 9.59 Å². The lowest BCUT2D eigenvalue weighted by atomic mass is 10.0. The zero-order valence-electron chi connectivity index (χ0n) is 44.3. The van der Waals surface area contributed by atoms with Crippen LogP contribution < -0.4 is 5.32 Å². The van der Waals surface area contributed by atoms with Crippen molar-refractivity contribution in [1.82, 2.24) is 5.32 Å². The first-order chi connectivity index (χ1) is 33.0. The molecule has 3 N–H and O–H groups in total. The molecule has 0 saturated carbocycles. The number of amides is 1. The van der Waals surface area contributed by atoms with E-state index in [9.17, 15) is 19.8 Å². The number of aliphatic hydroxyl groups excluding tert-OH is 2. The molecule has 6 nitrogen and oxygen atoms in total. The number of carbonyl (C=O) groups is 2. The van der Waals surface area contributed by atoms with Crippen LogP contribution in [0.25, 0.3) is 0 Å². The summed E-state index contributed by atoms with van der Waals surface area (Å²) in [6.07, 6.45) is 69.6. The van der Waals surface area contributed by atoms with E-state index in [1.54, 1.807) is 0 Å². The Bertz CT molecular complexity index is 1230. The van der Waals surface area contributed by atoms with Crippen LogP contribution in [-0.4, -0.2) is 46.9 Å². The van der Waals surface area contributed by atoms with Gasteiger partial charge in [-0.15, -0.1) is 0 Å². The number of hydrogen-bond acceptors (Lipinski definition) is 5. The van der Waals surface area contributed by atoms with Crippen molar-refractivity contribution in [3.63, 3.8) is 0 Å². The predicted octanol–water partition coefficient (Wildman–Crippen LogP) is 17.7. The summed E-state index contributed by atoms with van der Waals surface area (Å²) in [5.74, 6) is -0.516. The van der Waals surface area contributed by atoms with Crippen LogP contribution in [0.4, 0.5) is 0 Å². The molecule has 0 saturated heterocycles. The monoisotopic (exact) mass is 936 g/mol. The third-order valence-corrected chi connectivity index (χ3v) is 13.0. The minimum absolute atomic E-state index is 0.0596. The average Bonchev–Trinajstić information content (AvgIpc) is 3.32. The molecule has 388 valence electrons. The fourth-order valence-electron chi connectivity index (χ4n) is 8.64. The lowest BCUT2D eigenvalue weighted by Gasteiger charge is -2.24. The normalized spacial score (nSPS) is 13.7. The van der Waals surface area contributed by atoms with Crippen LogP contribution in [0.15, 0.2) is 72.9 Å². The Kier molecular flexibility index (Phi) is 52.1. The van der Waals surface area contributed by atoms with Crippen molar-refractivity contribution in [2.45, 2.75) is 296 Å². The lowest BCUT2D eigenvalue weighted by molar-refractivity contribution is -0.151. The Hall–Kier alpha value is -2.70. The Morgan fingerprint density at radius 1 is 0.448 bits per heavy atom. The molecule has 0 rings (SSSR count). The molecule has 0 heterocycles. The average molecular weight is 937 g/mol. The fraction of sp³-hybridized carbons (Fsp3) is 0.770. The number of carbonyl (C=O) groups excluding carboxylic acids is 2. The zero-order valence-corrected chi connectivity index (χ0v) is 44.3. The molecule has 0 aliphatic carbocycles. The van der Waals surface area contributed by atoms with Gasteiger partial charge in [0.05, 0.1) is 25.2 Å². The summed E-state index contributed by atoms with van der Waals surface area (Å²) in [4.78, 5) is 26.3. The number of esters is 1. The molecule has 0 aliphatic heterocycles. The van der Waals surface area contributed by atoms with E-state index in [2.05, 4.69) is 50.4 Å². The van der Waals surface area contributed by atoms with Gasteiger partial charge in [0.15, 0.2) is 0 Å². The summed E-state index contributed by atoms with van der Waals surface area (Å²) in [6, 6.07) is -0.713. The summed E-state index contributed by atoms with van der Waals surface area (Å²) in [5, 5.41) is 23.9. The molecule has 0 aromatic carbocycles. The van der Waals surface area contributed by atoms with Gasteiger partial charge in [-0.25, -0.2) is 0 Å². The van der Waals surface area contributed by atoms with Gasteiger partial charge in [0.1, 0.15) is 6.10 Å². The van der Waals surface area contributed by atoms with Crippen molar-refractivity contribution in [2.24, 2.45) is 0 Å². The third kappa shape index (κ3) is 49.5. The first-order valence-electron chi connectivity index (χ1n) is 28.7. The van der Waals surface area contributed by atoms with Crippen molar-refractivity contribution >= 4 is 11.9 Å². The molecule has 0 spiro atoms. The van der Waals surface area contributed by atoms with Gasteiger partial charge in [-0.2, -0.15) is 0 Å². The van der Waals surface area contributed by atoms with Crippen LogP contribution in [0.5, 0.6) is 0 Å². The van der Waals surface area contributed by atoms with E-state index in [-0.39, 0.29) is 24.9 Å². The molecule has 1 amide bonds. The molecule has 0 aromatic rings. The molecule has 3 unspecified atom stereocenters. The van der Waals surface area contributed by atoms with E-state index in [1.165, 1.54) is 161 Å². The number of ether oxygens (including phenoxy) is 1. The third-order valence-electron chi connectivity index (χ3n) is 13.0. The van der Waals surface area contributed by atoms with Crippen molar-refractivity contribution < 1.29 is 24.5 Å². The first kappa shape index (κ1) is 64.3. The van der Waals surface area contributed by atoms with E-state index in [0.29, 0.717) is 19.3 Å². The minimum atomic E-state index is -0.798. The van der Waals surface area contributed by atoms with Crippen LogP contribution in [-0.2, 0) is 14.3 Å². The molecule has 0 radical (unpaired) electrons. The standard InChI is InChI=1S/C61H109NO5/c1-4-7-10-13-16-19-22-25-28-30-33-36-39-42-45-48-51-54-61(66)67-57(52-49-46-43-40-37-34-31-27-24-21-18-15-12-9-6-3)55-60(65)62-58(56-63)59(64)53-50-47-44-41-38-35-32-29-26-23-20-17-14-11-8-5-2/h7,10,13,16,19,22,25,28,30,33,36,39,57-59,63-64H,4-6,8-9,11-12,14-15,17-18,20-21,23-24,26-27,29,31-32,34-35,37-38,40-56H2,1-3H3,(H,62,65)/b10-7-,16-13+,22-19+,28-25-,33-30+,39-36+. The summed E-state index contributed by atoms with van der Waals surface area (Å²) in [6.45, 7) is 6.36. The highest BCUT2D eigenvalue weighted by molar-refractivity contribution is 5.77. The summed E-state index contributed by atoms with van der Waals surface area (Å²) in [7, 11) is 0. The number of nitrogens with one attached hydrogen (secondary N) is 1. The quantitative estimate of drug-likeness (QED) is 0.0321. The van der Waals surface area contributed by atoms with Crippen molar-refractivity contribution in [2.75, 3.05) is 6.61 Å². The molecular weight excluding hydrogens is 827 g/mol. The highest BCUT2D eigenvalue weighted by atomic mass is 16.5. The van der Waals surface area contributed by atoms with Gasteiger partial charge >= 0.3 is 5.97 Å². The molecule has 0 fully saturated rings. The predicted molar refractivity (Wildman–Crippen MR) is 291 cm³/mol. The lowest BCUT2D eigenvalue weighted by Crippen LogP contribution is -2.46. The number of rotatable bonds is 51. The van der Waals surface area contributed by atoms with Gasteiger partial charge < -0.3 is 20.3 Å². The molecule has 3 atom stereocenters. The number of hydrogen-bond donors (Lipinski definition) is 3.